The minimum absolute atomic E-state index is 0.000379. The molecule has 332 valence electrons. The highest BCUT2D eigenvalue weighted by molar-refractivity contribution is 7.48. The smallest absolute Gasteiger partial charge is 0.474 e. The highest BCUT2D eigenvalue weighted by atomic mass is 35.5. The molecule has 3 aromatic rings. The standard InChI is InChI=1S/C38H34Cl6N3O14P/c1-15-13-47(38(55)46-35(15)51)24-12-22(48)23(60-24)14-59-62(56,57-2)58-8-6-4-3-5-7-45-36(52)18-11-19(39)26(37(53)54)27(28(18)42)25-16-9-20(40)31(49)29(43)33(16)61-34-17(25)10-21(41)32(50)30(34)44/h9-11,13,22-24,48-49H,3-8,12,14H2,1-2H3,(H,45,52)(H,53,54)(H,46,51,55)/t22-,23-,24-,62?/m1/s1. The molecule has 6 rings (SSSR count). The summed E-state index contributed by atoms with van der Waals surface area (Å²) in [6.45, 7) is 1.23. The number of unbranched alkanes of at least 4 members (excludes halogenated alkanes) is 3. The van der Waals surface area contributed by atoms with Gasteiger partial charge in [0.05, 0.1) is 50.5 Å². The van der Waals surface area contributed by atoms with Crippen LogP contribution in [0.3, 0.4) is 0 Å². The second kappa shape index (κ2) is 19.6. The second-order valence-electron chi connectivity index (χ2n) is 13.9. The van der Waals surface area contributed by atoms with Crippen LogP contribution in [0.15, 0.2) is 43.2 Å². The molecule has 2 aromatic carbocycles. The third-order valence-electron chi connectivity index (χ3n) is 9.83. The molecular weight excluding hydrogens is 966 g/mol. The highest BCUT2D eigenvalue weighted by Crippen LogP contribution is 2.52. The number of halogens is 6. The lowest BCUT2D eigenvalue weighted by atomic mass is 9.89. The summed E-state index contributed by atoms with van der Waals surface area (Å²) in [6, 6.07) is 3.47. The number of aromatic carboxylic acids is 1. The van der Waals surface area contributed by atoms with Gasteiger partial charge in [-0.05, 0) is 38.0 Å². The molecule has 1 aliphatic carbocycles. The topological polar surface area (TPSA) is 246 Å². The summed E-state index contributed by atoms with van der Waals surface area (Å²) in [5, 5.41) is 31.8. The number of ether oxygens (including phenoxy) is 1. The number of aryl methyl sites for hydroxylation is 1. The second-order valence-corrected chi connectivity index (χ2v) is 18.0. The Morgan fingerprint density at radius 2 is 1.66 bits per heavy atom. The number of phenolic OH excluding ortho intramolecular Hbond substituents is 1. The maximum atomic E-state index is 13.6. The average molecular weight is 1000 g/mol. The number of nitrogens with one attached hydrogen (secondary N) is 2. The molecule has 1 fully saturated rings. The maximum absolute atomic E-state index is 13.6. The number of nitrogens with zero attached hydrogens (tertiary/aromatic N) is 1. The van der Waals surface area contributed by atoms with Crippen molar-refractivity contribution in [2.75, 3.05) is 26.9 Å². The van der Waals surface area contributed by atoms with E-state index in [1.165, 1.54) is 25.3 Å². The molecule has 5 N–H and O–H groups in total. The summed E-state index contributed by atoms with van der Waals surface area (Å²) in [4.78, 5) is 65.2. The Morgan fingerprint density at radius 3 is 2.35 bits per heavy atom. The number of benzene rings is 3. The molecule has 1 aromatic heterocycles. The minimum Gasteiger partial charge on any atom is -0.505 e. The largest absolute Gasteiger partial charge is 0.505 e. The Morgan fingerprint density at radius 1 is 0.952 bits per heavy atom. The van der Waals surface area contributed by atoms with Crippen LogP contribution in [0.5, 0.6) is 5.75 Å². The molecule has 4 atom stereocenters. The monoisotopic (exact) mass is 997 g/mol. The van der Waals surface area contributed by atoms with Gasteiger partial charge >= 0.3 is 19.5 Å². The van der Waals surface area contributed by atoms with E-state index in [0.29, 0.717) is 25.7 Å². The molecule has 1 saturated heterocycles. The Kier molecular flexibility index (Phi) is 15.1. The first-order chi connectivity index (χ1) is 29.3. The number of aliphatic hydroxyl groups is 1. The fourth-order valence-electron chi connectivity index (χ4n) is 6.70. The lowest BCUT2D eigenvalue weighted by Gasteiger charge is -2.21. The summed E-state index contributed by atoms with van der Waals surface area (Å²) < 4.78 is 41.6. The minimum atomic E-state index is -4.07. The SMILES string of the molecule is COP(=O)(OCCCCCCNC(=O)c1cc(Cl)c(C(=O)O)c(-c2c3cc(Cl)c(=O)c(Cl)c-3oc3c(Cl)c(O)c(Cl)cc23)c1Cl)OC[C@H]1O[C@@H](n2cc(C)c(=O)[nH]c2=O)C[C@H]1O. The predicted octanol–water partition coefficient (Wildman–Crippen LogP) is 8.47. The normalized spacial score (nSPS) is 17.5. The Labute approximate surface area is 380 Å². The van der Waals surface area contributed by atoms with Crippen molar-refractivity contribution in [2.24, 2.45) is 0 Å². The van der Waals surface area contributed by atoms with Gasteiger partial charge in [-0.1, -0.05) is 82.4 Å². The Bertz CT molecular complexity index is 2800. The van der Waals surface area contributed by atoms with E-state index in [9.17, 15) is 43.9 Å². The molecule has 62 heavy (non-hydrogen) atoms. The van der Waals surface area contributed by atoms with Crippen LogP contribution >= 0.6 is 77.4 Å². The van der Waals surface area contributed by atoms with Crippen LogP contribution < -0.4 is 22.0 Å². The zero-order valence-electron chi connectivity index (χ0n) is 32.2. The fourth-order valence-corrected chi connectivity index (χ4v) is 9.26. The first-order valence-electron chi connectivity index (χ1n) is 18.4. The van der Waals surface area contributed by atoms with E-state index in [1.807, 2.05) is 0 Å². The molecule has 3 aliphatic rings. The molecule has 0 radical (unpaired) electrons. The fraction of sp³-hybridized carbons (Fsp3) is 0.342. The van der Waals surface area contributed by atoms with Crippen LogP contribution in [0.25, 0.3) is 33.4 Å². The summed E-state index contributed by atoms with van der Waals surface area (Å²) in [7, 11) is -2.94. The highest BCUT2D eigenvalue weighted by Gasteiger charge is 2.38. The van der Waals surface area contributed by atoms with E-state index < -0.39 is 76.2 Å². The van der Waals surface area contributed by atoms with Crippen molar-refractivity contribution in [1.29, 1.82) is 0 Å². The number of aromatic nitrogens is 2. The van der Waals surface area contributed by atoms with Gasteiger partial charge in [0, 0.05) is 53.9 Å². The van der Waals surface area contributed by atoms with Crippen molar-refractivity contribution in [3.63, 3.8) is 0 Å². The van der Waals surface area contributed by atoms with E-state index in [1.54, 1.807) is 0 Å². The first kappa shape index (κ1) is 47.8. The van der Waals surface area contributed by atoms with Gasteiger partial charge in [-0.2, -0.15) is 0 Å². The van der Waals surface area contributed by atoms with Crippen LogP contribution in [0.2, 0.25) is 30.1 Å². The average Bonchev–Trinajstić information content (AvgIpc) is 3.60. The number of hydrogen-bond donors (Lipinski definition) is 5. The van der Waals surface area contributed by atoms with Gasteiger partial charge < -0.3 is 29.8 Å². The summed E-state index contributed by atoms with van der Waals surface area (Å²) in [5.74, 6) is -3.14. The molecule has 0 bridgehead atoms. The van der Waals surface area contributed by atoms with Gasteiger partial charge in [0.1, 0.15) is 22.4 Å². The number of carbonyl (C=O) groups is 2. The molecule has 2 aliphatic heterocycles. The third-order valence-corrected chi connectivity index (χ3v) is 13.2. The van der Waals surface area contributed by atoms with E-state index in [4.69, 9.17) is 92.3 Å². The number of phosphoric acid groups is 1. The molecule has 24 heteroatoms. The zero-order chi connectivity index (χ0) is 45.4. The summed E-state index contributed by atoms with van der Waals surface area (Å²) >= 11 is 38.7. The number of phosphoric ester groups is 1. The lowest BCUT2D eigenvalue weighted by Crippen LogP contribution is -2.33. The molecule has 0 spiro atoms. The Hall–Kier alpha value is -3.68. The number of carbonyl (C=O) groups excluding carboxylic acids is 1. The maximum Gasteiger partial charge on any atom is 0.474 e. The van der Waals surface area contributed by atoms with E-state index >= 15 is 0 Å². The Balaban J connectivity index is 1.09. The number of hydrogen-bond acceptors (Lipinski definition) is 13. The predicted molar refractivity (Wildman–Crippen MR) is 231 cm³/mol. The number of H-pyrrole nitrogens is 1. The number of fused-ring (bicyclic) bond motifs is 2. The van der Waals surface area contributed by atoms with E-state index in [-0.39, 0.29) is 90.8 Å². The van der Waals surface area contributed by atoms with Gasteiger partial charge in [0.2, 0.25) is 5.43 Å². The molecule has 17 nitrogen and oxygen atoms in total. The van der Waals surface area contributed by atoms with Gasteiger partial charge in [0.15, 0.2) is 17.1 Å². The van der Waals surface area contributed by atoms with Crippen LogP contribution in [0, 0.1) is 6.92 Å². The van der Waals surface area contributed by atoms with Crippen molar-refractivity contribution in [3.05, 3.63) is 102 Å². The van der Waals surface area contributed by atoms with Gasteiger partial charge in [0.25, 0.3) is 11.5 Å². The lowest BCUT2D eigenvalue weighted by molar-refractivity contribution is -0.0474. The number of carboxylic acid groups (broad SMARTS) is 1. The quantitative estimate of drug-likeness (QED) is 0.0354. The van der Waals surface area contributed by atoms with Gasteiger partial charge in [-0.3, -0.25) is 37.5 Å². The number of aromatic hydroxyl groups is 1. The number of rotatable bonds is 16. The van der Waals surface area contributed by atoms with Crippen molar-refractivity contribution < 1.29 is 52.2 Å². The van der Waals surface area contributed by atoms with E-state index in [2.05, 4.69) is 10.3 Å². The number of carboxylic acids is 1. The van der Waals surface area contributed by atoms with Crippen LogP contribution in [0.1, 0.15) is 64.6 Å². The van der Waals surface area contributed by atoms with E-state index in [0.717, 1.165) is 17.7 Å². The number of aliphatic hydroxyl groups excluding tert-OH is 1. The zero-order valence-corrected chi connectivity index (χ0v) is 37.6. The van der Waals surface area contributed by atoms with Gasteiger partial charge in [-0.25, -0.2) is 14.2 Å². The van der Waals surface area contributed by atoms with Crippen molar-refractivity contribution in [1.82, 2.24) is 14.9 Å². The summed E-state index contributed by atoms with van der Waals surface area (Å²) in [5.41, 5.74) is -3.22. The number of aromatic amines is 1. The van der Waals surface area contributed by atoms with Crippen LogP contribution in [0.4, 0.5) is 0 Å². The van der Waals surface area contributed by atoms with Crippen LogP contribution in [-0.4, -0.2) is 75.8 Å². The molecular formula is C38H34Cl6N3O14P. The molecule has 0 saturated carbocycles. The van der Waals surface area contributed by atoms with Crippen molar-refractivity contribution >= 4 is 100 Å². The molecule has 3 heterocycles. The summed E-state index contributed by atoms with van der Waals surface area (Å²) in [6.07, 6.45) is 0.327. The number of amides is 1. The number of phenols is 1. The first-order valence-corrected chi connectivity index (χ1v) is 22.1. The van der Waals surface area contributed by atoms with Gasteiger partial charge in [-0.15, -0.1) is 0 Å². The van der Waals surface area contributed by atoms with Crippen LogP contribution in [-0.2, 0) is 22.9 Å². The molecule has 1 amide bonds. The third kappa shape index (κ3) is 9.70. The molecule has 1 unspecified atom stereocenters. The van der Waals surface area contributed by atoms with Crippen molar-refractivity contribution in [3.8, 4) is 28.2 Å². The van der Waals surface area contributed by atoms with Crippen molar-refractivity contribution in [2.45, 2.75) is 57.5 Å².